The van der Waals surface area contributed by atoms with Gasteiger partial charge in [-0.1, -0.05) is 0 Å². The Morgan fingerprint density at radius 2 is 2.00 bits per heavy atom. The molecule has 0 spiro atoms. The number of hydrogen-bond acceptors (Lipinski definition) is 5. The lowest BCUT2D eigenvalue weighted by atomic mass is 10.1. The van der Waals surface area contributed by atoms with Crippen LogP contribution in [0.3, 0.4) is 0 Å². The fraction of sp³-hybridized carbons (Fsp3) is 0.143. The normalized spacial score (nSPS) is 12.2. The first kappa shape index (κ1) is 12.3. The fourth-order valence-electron chi connectivity index (χ4n) is 1.83. The highest BCUT2D eigenvalue weighted by Gasteiger charge is 2.20. The fourth-order valence-corrected chi connectivity index (χ4v) is 1.83. The van der Waals surface area contributed by atoms with E-state index in [2.05, 4.69) is 5.32 Å². The van der Waals surface area contributed by atoms with Crippen molar-refractivity contribution in [2.24, 2.45) is 0 Å². The number of ketones is 1. The molecule has 3 rings (SSSR count). The first-order valence-corrected chi connectivity index (χ1v) is 5.98. The summed E-state index contributed by atoms with van der Waals surface area (Å²) in [7, 11) is 0. The minimum Gasteiger partial charge on any atom is -0.467 e. The molecule has 1 aromatic heterocycles. The molecule has 6 nitrogen and oxygen atoms in total. The molecule has 0 aliphatic carbocycles. The monoisotopic (exact) mass is 273 g/mol. The topological polar surface area (TPSA) is 77.8 Å². The predicted molar refractivity (Wildman–Crippen MR) is 67.5 cm³/mol. The molecule has 20 heavy (non-hydrogen) atoms. The Morgan fingerprint density at radius 1 is 1.15 bits per heavy atom. The van der Waals surface area contributed by atoms with Gasteiger partial charge in [0.1, 0.15) is 5.76 Å². The number of fused-ring (bicyclic) bond motifs is 1. The SMILES string of the molecule is O=C(NCc1ccco1)C(=O)c1ccc2c(c1)OCO2. The second-order valence-electron chi connectivity index (χ2n) is 4.16. The molecular weight excluding hydrogens is 262 g/mol. The molecule has 2 aromatic rings. The van der Waals surface area contributed by atoms with Gasteiger partial charge in [-0.25, -0.2) is 0 Å². The van der Waals surface area contributed by atoms with Crippen molar-refractivity contribution in [2.75, 3.05) is 6.79 Å². The standard InChI is InChI=1S/C14H11NO5/c16-13(14(17)15-7-10-2-1-5-18-10)9-3-4-11-12(6-9)20-8-19-11/h1-6H,7-8H2,(H,15,17). The molecule has 1 aromatic carbocycles. The second-order valence-corrected chi connectivity index (χ2v) is 4.16. The van der Waals surface area contributed by atoms with Crippen LogP contribution < -0.4 is 14.8 Å². The molecule has 0 saturated carbocycles. The molecule has 0 radical (unpaired) electrons. The van der Waals surface area contributed by atoms with Crippen LogP contribution in [0.15, 0.2) is 41.0 Å². The lowest BCUT2D eigenvalue weighted by Crippen LogP contribution is -2.30. The van der Waals surface area contributed by atoms with Crippen LogP contribution >= 0.6 is 0 Å². The average Bonchev–Trinajstić information content (AvgIpc) is 3.13. The zero-order chi connectivity index (χ0) is 13.9. The number of nitrogens with one attached hydrogen (secondary N) is 1. The average molecular weight is 273 g/mol. The van der Waals surface area contributed by atoms with Crippen LogP contribution in [0, 0.1) is 0 Å². The van der Waals surface area contributed by atoms with Crippen molar-refractivity contribution < 1.29 is 23.5 Å². The number of furan rings is 1. The maximum atomic E-state index is 12.0. The Morgan fingerprint density at radius 3 is 2.80 bits per heavy atom. The van der Waals surface area contributed by atoms with E-state index >= 15 is 0 Å². The maximum absolute atomic E-state index is 12.0. The van der Waals surface area contributed by atoms with Gasteiger partial charge in [-0.2, -0.15) is 0 Å². The minimum atomic E-state index is -0.694. The van der Waals surface area contributed by atoms with Crippen LogP contribution in [0.4, 0.5) is 0 Å². The van der Waals surface area contributed by atoms with Crippen LogP contribution in [-0.4, -0.2) is 18.5 Å². The van der Waals surface area contributed by atoms with Gasteiger partial charge in [-0.15, -0.1) is 0 Å². The van der Waals surface area contributed by atoms with E-state index < -0.39 is 11.7 Å². The first-order chi connectivity index (χ1) is 9.74. The summed E-state index contributed by atoms with van der Waals surface area (Å²) >= 11 is 0. The van der Waals surface area contributed by atoms with Crippen LogP contribution in [0.5, 0.6) is 11.5 Å². The number of ether oxygens (including phenoxy) is 2. The van der Waals surface area contributed by atoms with Crippen LogP contribution in [0.2, 0.25) is 0 Å². The van der Waals surface area contributed by atoms with Gasteiger partial charge >= 0.3 is 0 Å². The molecule has 0 unspecified atom stereocenters. The zero-order valence-electron chi connectivity index (χ0n) is 10.4. The molecule has 102 valence electrons. The van der Waals surface area contributed by atoms with Gasteiger partial charge in [0.05, 0.1) is 12.8 Å². The van der Waals surface area contributed by atoms with E-state index in [1.54, 1.807) is 18.2 Å². The molecule has 0 fully saturated rings. The van der Waals surface area contributed by atoms with E-state index in [4.69, 9.17) is 13.9 Å². The summed E-state index contributed by atoms with van der Waals surface area (Å²) in [4.78, 5) is 23.7. The summed E-state index contributed by atoms with van der Waals surface area (Å²) in [5.41, 5.74) is 0.256. The van der Waals surface area contributed by atoms with Gasteiger partial charge in [0.2, 0.25) is 12.6 Å². The van der Waals surface area contributed by atoms with E-state index in [1.807, 2.05) is 0 Å². The predicted octanol–water partition coefficient (Wildman–Crippen LogP) is 1.51. The number of rotatable bonds is 4. The highest BCUT2D eigenvalue weighted by molar-refractivity contribution is 6.42. The molecular formula is C14H11NO5. The smallest absolute Gasteiger partial charge is 0.292 e. The molecule has 0 bridgehead atoms. The van der Waals surface area contributed by atoms with Crippen LogP contribution in [-0.2, 0) is 11.3 Å². The third kappa shape index (κ3) is 2.35. The Bertz CT molecular complexity index is 648. The highest BCUT2D eigenvalue weighted by Crippen LogP contribution is 2.32. The summed E-state index contributed by atoms with van der Waals surface area (Å²) in [6, 6.07) is 8.06. The quantitative estimate of drug-likeness (QED) is 0.674. The molecule has 1 N–H and O–H groups in total. The van der Waals surface area contributed by atoms with Crippen molar-refractivity contribution >= 4 is 11.7 Å². The summed E-state index contributed by atoms with van der Waals surface area (Å²) in [6.45, 7) is 0.291. The van der Waals surface area contributed by atoms with Crippen LogP contribution in [0.1, 0.15) is 16.1 Å². The van der Waals surface area contributed by atoms with Crippen molar-refractivity contribution in [3.63, 3.8) is 0 Å². The third-order valence-corrected chi connectivity index (χ3v) is 2.84. The number of benzene rings is 1. The number of Topliss-reactive ketones (excluding diaryl/α,β-unsaturated/α-hetero) is 1. The molecule has 1 aliphatic rings. The lowest BCUT2D eigenvalue weighted by molar-refractivity contribution is -0.117. The minimum absolute atomic E-state index is 0.123. The number of carbonyl (C=O) groups excluding carboxylic acids is 2. The van der Waals surface area contributed by atoms with Gasteiger partial charge in [0.25, 0.3) is 5.91 Å². The Hall–Kier alpha value is -2.76. The van der Waals surface area contributed by atoms with Crippen molar-refractivity contribution in [3.8, 4) is 11.5 Å². The van der Waals surface area contributed by atoms with Gasteiger partial charge in [0.15, 0.2) is 11.5 Å². The van der Waals surface area contributed by atoms with Crippen molar-refractivity contribution in [1.29, 1.82) is 0 Å². The van der Waals surface area contributed by atoms with Crippen molar-refractivity contribution in [1.82, 2.24) is 5.32 Å². The molecule has 0 saturated heterocycles. The summed E-state index contributed by atoms with van der Waals surface area (Å²) in [5, 5.41) is 2.50. The number of amides is 1. The van der Waals surface area contributed by atoms with E-state index in [0.717, 1.165) is 0 Å². The number of carbonyl (C=O) groups is 2. The molecule has 1 aliphatic heterocycles. The summed E-state index contributed by atoms with van der Waals surface area (Å²) in [6.07, 6.45) is 1.50. The van der Waals surface area contributed by atoms with E-state index in [1.165, 1.54) is 18.4 Å². The van der Waals surface area contributed by atoms with Crippen LogP contribution in [0.25, 0.3) is 0 Å². The lowest BCUT2D eigenvalue weighted by Gasteiger charge is -2.03. The van der Waals surface area contributed by atoms with E-state index in [-0.39, 0.29) is 18.9 Å². The maximum Gasteiger partial charge on any atom is 0.292 e. The van der Waals surface area contributed by atoms with Gasteiger partial charge in [0, 0.05) is 5.56 Å². The van der Waals surface area contributed by atoms with E-state index in [0.29, 0.717) is 17.3 Å². The number of hydrogen-bond donors (Lipinski definition) is 1. The Balaban J connectivity index is 1.67. The second kappa shape index (κ2) is 5.08. The molecule has 1 amide bonds. The third-order valence-electron chi connectivity index (χ3n) is 2.84. The Kier molecular flexibility index (Phi) is 3.12. The van der Waals surface area contributed by atoms with E-state index in [9.17, 15) is 9.59 Å². The highest BCUT2D eigenvalue weighted by atomic mass is 16.7. The van der Waals surface area contributed by atoms with Crippen molar-refractivity contribution in [2.45, 2.75) is 6.54 Å². The van der Waals surface area contributed by atoms with Gasteiger partial charge < -0.3 is 19.2 Å². The van der Waals surface area contributed by atoms with Gasteiger partial charge in [-0.3, -0.25) is 9.59 Å². The summed E-state index contributed by atoms with van der Waals surface area (Å²) < 4.78 is 15.4. The first-order valence-electron chi connectivity index (χ1n) is 5.98. The Labute approximate surface area is 114 Å². The largest absolute Gasteiger partial charge is 0.467 e. The molecule has 2 heterocycles. The van der Waals surface area contributed by atoms with Gasteiger partial charge in [-0.05, 0) is 30.3 Å². The molecule has 6 heteroatoms. The summed E-state index contributed by atoms with van der Waals surface area (Å²) in [5.74, 6) is 0.291. The zero-order valence-corrected chi connectivity index (χ0v) is 10.4. The van der Waals surface area contributed by atoms with Crippen molar-refractivity contribution in [3.05, 3.63) is 47.9 Å². The molecule has 0 atom stereocenters.